The summed E-state index contributed by atoms with van der Waals surface area (Å²) in [6.07, 6.45) is 1.46. The van der Waals surface area contributed by atoms with E-state index in [0.717, 1.165) is 18.5 Å². The average Bonchev–Trinajstić information content (AvgIpc) is 3.28. The smallest absolute Gasteiger partial charge is 0.310 e. The summed E-state index contributed by atoms with van der Waals surface area (Å²) in [6, 6.07) is 9.04. The number of carbonyl (C=O) groups is 3. The molecule has 2 heterocycles. The second-order valence-corrected chi connectivity index (χ2v) is 8.54. The number of ketones is 1. The number of carbonyl (C=O) groups excluding carboxylic acids is 2. The first-order chi connectivity index (χ1) is 16.5. The highest BCUT2D eigenvalue weighted by Crippen LogP contribution is 2.46. The third-order valence-electron chi connectivity index (χ3n) is 6.41. The number of piperidine rings is 1. The summed E-state index contributed by atoms with van der Waals surface area (Å²) in [5.74, 6) is -1.05. The van der Waals surface area contributed by atoms with Crippen molar-refractivity contribution in [2.45, 2.75) is 26.2 Å². The van der Waals surface area contributed by atoms with E-state index in [1.165, 1.54) is 0 Å². The van der Waals surface area contributed by atoms with Crippen molar-refractivity contribution in [3.63, 3.8) is 0 Å². The molecule has 2 aromatic carbocycles. The molecule has 0 radical (unpaired) electrons. The minimum absolute atomic E-state index is 0.0945. The minimum atomic E-state index is -0.932. The zero-order chi connectivity index (χ0) is 23.8. The van der Waals surface area contributed by atoms with Crippen molar-refractivity contribution < 1.29 is 28.8 Å². The number of benzene rings is 2. The molecule has 0 spiro atoms. The van der Waals surface area contributed by atoms with Gasteiger partial charge in [-0.3, -0.25) is 14.4 Å². The van der Waals surface area contributed by atoms with Gasteiger partial charge < -0.3 is 24.6 Å². The number of aliphatic carboxylic acids is 1. The van der Waals surface area contributed by atoms with Gasteiger partial charge in [-0.05, 0) is 25.8 Å². The molecule has 0 unspecified atom stereocenters. The average molecular weight is 463 g/mol. The Kier molecular flexibility index (Phi) is 5.69. The summed E-state index contributed by atoms with van der Waals surface area (Å²) < 4.78 is 11.0. The monoisotopic (exact) mass is 463 g/mol. The predicted octanol–water partition coefficient (Wildman–Crippen LogP) is 3.71. The Bertz CT molecular complexity index is 1300. The topological polar surface area (TPSA) is 122 Å². The maximum Gasteiger partial charge on any atom is 0.310 e. The van der Waals surface area contributed by atoms with Crippen LogP contribution in [0.1, 0.15) is 42.1 Å². The SMILES string of the molecule is CCOC(=O)[C@H]1CCCN(c2cc(NCCC(=O)O)c3c4c(onc24)-c2ccccc2C3=O)C1. The normalized spacial score (nSPS) is 16.9. The van der Waals surface area contributed by atoms with Crippen molar-refractivity contribution in [3.05, 3.63) is 41.5 Å². The van der Waals surface area contributed by atoms with Crippen LogP contribution in [0.3, 0.4) is 0 Å². The van der Waals surface area contributed by atoms with E-state index in [9.17, 15) is 14.4 Å². The fourth-order valence-electron chi connectivity index (χ4n) is 4.88. The highest BCUT2D eigenvalue weighted by atomic mass is 16.5. The van der Waals surface area contributed by atoms with Gasteiger partial charge in [0.05, 0.1) is 35.6 Å². The summed E-state index contributed by atoms with van der Waals surface area (Å²) in [7, 11) is 0. The van der Waals surface area contributed by atoms with Gasteiger partial charge in [0.15, 0.2) is 11.5 Å². The Morgan fingerprint density at radius 1 is 1.29 bits per heavy atom. The van der Waals surface area contributed by atoms with E-state index in [1.807, 2.05) is 18.2 Å². The molecule has 0 saturated carbocycles. The van der Waals surface area contributed by atoms with Crippen LogP contribution in [0, 0.1) is 5.92 Å². The quantitative estimate of drug-likeness (QED) is 0.395. The van der Waals surface area contributed by atoms with Crippen molar-refractivity contribution in [2.75, 3.05) is 36.5 Å². The van der Waals surface area contributed by atoms with E-state index in [4.69, 9.17) is 14.4 Å². The number of hydrogen-bond donors (Lipinski definition) is 2. The molecule has 1 fully saturated rings. The van der Waals surface area contributed by atoms with Gasteiger partial charge in [0.1, 0.15) is 5.52 Å². The number of carboxylic acid groups (broad SMARTS) is 1. The first kappa shape index (κ1) is 21.9. The maximum absolute atomic E-state index is 13.5. The number of rotatable bonds is 7. The van der Waals surface area contributed by atoms with Crippen molar-refractivity contribution in [3.8, 4) is 11.3 Å². The van der Waals surface area contributed by atoms with Gasteiger partial charge in [-0.1, -0.05) is 29.4 Å². The van der Waals surface area contributed by atoms with Crippen LogP contribution in [-0.4, -0.2) is 54.2 Å². The summed E-state index contributed by atoms with van der Waals surface area (Å²) in [4.78, 5) is 39.1. The van der Waals surface area contributed by atoms with E-state index in [1.54, 1.807) is 19.1 Å². The minimum Gasteiger partial charge on any atom is -0.481 e. The molecule has 1 aromatic heterocycles. The second kappa shape index (κ2) is 8.81. The lowest BCUT2D eigenvalue weighted by atomic mass is 9.86. The van der Waals surface area contributed by atoms with Gasteiger partial charge in [-0.2, -0.15) is 0 Å². The first-order valence-electron chi connectivity index (χ1n) is 11.5. The van der Waals surface area contributed by atoms with E-state index < -0.39 is 5.97 Å². The molecule has 0 bridgehead atoms. The van der Waals surface area contributed by atoms with Gasteiger partial charge in [0.25, 0.3) is 0 Å². The van der Waals surface area contributed by atoms with Crippen molar-refractivity contribution in [1.82, 2.24) is 5.16 Å². The van der Waals surface area contributed by atoms with Crippen LogP contribution < -0.4 is 10.2 Å². The molecule has 0 amide bonds. The molecule has 34 heavy (non-hydrogen) atoms. The maximum atomic E-state index is 13.5. The van der Waals surface area contributed by atoms with Crippen molar-refractivity contribution in [2.24, 2.45) is 5.92 Å². The molecule has 1 atom stereocenters. The number of nitrogens with one attached hydrogen (secondary N) is 1. The molecule has 9 heteroatoms. The van der Waals surface area contributed by atoms with Gasteiger partial charge in [-0.15, -0.1) is 0 Å². The van der Waals surface area contributed by atoms with E-state index in [2.05, 4.69) is 15.4 Å². The zero-order valence-electron chi connectivity index (χ0n) is 18.8. The Hall–Kier alpha value is -3.88. The number of ether oxygens (including phenoxy) is 1. The van der Waals surface area contributed by atoms with Crippen LogP contribution in [0.2, 0.25) is 0 Å². The van der Waals surface area contributed by atoms with E-state index in [0.29, 0.717) is 58.7 Å². The lowest BCUT2D eigenvalue weighted by Gasteiger charge is -2.34. The fourth-order valence-corrected chi connectivity index (χ4v) is 4.88. The number of anilines is 2. The van der Waals surface area contributed by atoms with Gasteiger partial charge >= 0.3 is 11.9 Å². The number of hydrogen-bond acceptors (Lipinski definition) is 8. The highest BCUT2D eigenvalue weighted by molar-refractivity contribution is 6.28. The molecule has 9 nitrogen and oxygen atoms in total. The summed E-state index contributed by atoms with van der Waals surface area (Å²) in [5, 5.41) is 17.2. The van der Waals surface area contributed by atoms with Crippen LogP contribution in [0.15, 0.2) is 34.9 Å². The Morgan fingerprint density at radius 2 is 2.09 bits per heavy atom. The van der Waals surface area contributed by atoms with E-state index in [-0.39, 0.29) is 30.6 Å². The Morgan fingerprint density at radius 3 is 2.85 bits per heavy atom. The second-order valence-electron chi connectivity index (χ2n) is 8.54. The third-order valence-corrected chi connectivity index (χ3v) is 6.41. The summed E-state index contributed by atoms with van der Waals surface area (Å²) in [6.45, 7) is 3.47. The number of carboxylic acids is 1. The van der Waals surface area contributed by atoms with Crippen LogP contribution in [0.5, 0.6) is 0 Å². The van der Waals surface area contributed by atoms with Crippen LogP contribution >= 0.6 is 0 Å². The molecule has 3 aromatic rings. The molecule has 2 aliphatic rings. The largest absolute Gasteiger partial charge is 0.481 e. The third kappa shape index (κ3) is 3.67. The first-order valence-corrected chi connectivity index (χ1v) is 11.5. The van der Waals surface area contributed by atoms with Gasteiger partial charge in [0, 0.05) is 36.4 Å². The Labute approximate surface area is 195 Å². The lowest BCUT2D eigenvalue weighted by molar-refractivity contribution is -0.148. The summed E-state index contributed by atoms with van der Waals surface area (Å²) >= 11 is 0. The number of aromatic nitrogens is 1. The van der Waals surface area contributed by atoms with Crippen molar-refractivity contribution >= 4 is 40.0 Å². The van der Waals surface area contributed by atoms with Gasteiger partial charge in [0.2, 0.25) is 0 Å². The molecule has 1 saturated heterocycles. The molecular weight excluding hydrogens is 438 g/mol. The standard InChI is InChI=1S/C25H25N3O6/c1-2-33-25(32)14-6-5-11-28(13-14)18-12-17(26-10-9-19(29)30)20-21-22(18)27-34-24(21)16-8-4-3-7-15(16)23(20)31/h3-4,7-8,12,14,26H,2,5-6,9-11,13H2,1H3,(H,29,30)/t14-/m0/s1. The van der Waals surface area contributed by atoms with Crippen molar-refractivity contribution in [1.29, 1.82) is 0 Å². The zero-order valence-corrected chi connectivity index (χ0v) is 18.8. The number of nitrogens with zero attached hydrogens (tertiary/aromatic N) is 2. The van der Waals surface area contributed by atoms with E-state index >= 15 is 0 Å². The van der Waals surface area contributed by atoms with Crippen LogP contribution in [-0.2, 0) is 14.3 Å². The van der Waals surface area contributed by atoms with Gasteiger partial charge in [-0.25, -0.2) is 0 Å². The molecule has 176 valence electrons. The Balaban J connectivity index is 1.63. The number of fused-ring (bicyclic) bond motifs is 2. The molecular formula is C25H25N3O6. The number of esters is 1. The predicted molar refractivity (Wildman–Crippen MR) is 125 cm³/mol. The molecule has 1 aliphatic carbocycles. The van der Waals surface area contributed by atoms with Crippen LogP contribution in [0.4, 0.5) is 11.4 Å². The molecule has 1 aliphatic heterocycles. The summed E-state index contributed by atoms with van der Waals surface area (Å²) in [5.41, 5.74) is 3.46. The molecule has 5 rings (SSSR count). The van der Waals surface area contributed by atoms with Crippen LogP contribution in [0.25, 0.3) is 22.2 Å². The molecule has 2 N–H and O–H groups in total. The highest BCUT2D eigenvalue weighted by Gasteiger charge is 2.35. The fraction of sp³-hybridized carbons (Fsp3) is 0.360. The lowest BCUT2D eigenvalue weighted by Crippen LogP contribution is -2.39.